The molecule has 0 heterocycles. The molecule has 1 saturated carbocycles. The molecule has 1 aromatic rings. The van der Waals surface area contributed by atoms with Crippen molar-refractivity contribution in [2.75, 3.05) is 12.4 Å². The number of hydrogen-bond donors (Lipinski definition) is 1. The highest BCUT2D eigenvalue weighted by atomic mass is 79.9. The topological polar surface area (TPSA) is 21.3 Å². The molecule has 0 spiro atoms. The van der Waals surface area contributed by atoms with Crippen molar-refractivity contribution in [3.63, 3.8) is 0 Å². The standard InChI is InChI=1S/C15H22BrNO/c1-15(2)8-4-5-12(10-15)17-11-6-7-14(18-3)13(16)9-11/h6-7,9,12,17H,4-5,8,10H2,1-3H3. The minimum Gasteiger partial charge on any atom is -0.496 e. The highest BCUT2D eigenvalue weighted by Gasteiger charge is 2.27. The van der Waals surface area contributed by atoms with Crippen LogP contribution in [-0.4, -0.2) is 13.2 Å². The molecule has 1 N–H and O–H groups in total. The third-order valence-corrected chi connectivity index (χ3v) is 4.35. The molecule has 0 radical (unpaired) electrons. The Balaban J connectivity index is 2.03. The third kappa shape index (κ3) is 3.41. The van der Waals surface area contributed by atoms with E-state index in [2.05, 4.69) is 47.2 Å². The molecule has 1 atom stereocenters. The number of hydrogen-bond acceptors (Lipinski definition) is 2. The van der Waals surface area contributed by atoms with E-state index in [1.54, 1.807) is 7.11 Å². The lowest BCUT2D eigenvalue weighted by Gasteiger charge is -2.36. The molecule has 100 valence electrons. The van der Waals surface area contributed by atoms with Crippen molar-refractivity contribution in [3.8, 4) is 5.75 Å². The predicted molar refractivity (Wildman–Crippen MR) is 80.4 cm³/mol. The third-order valence-electron chi connectivity index (χ3n) is 3.73. The zero-order chi connectivity index (χ0) is 13.2. The molecule has 0 aromatic heterocycles. The van der Waals surface area contributed by atoms with Gasteiger partial charge in [-0.25, -0.2) is 0 Å². The number of anilines is 1. The molecule has 2 rings (SSSR count). The van der Waals surface area contributed by atoms with Crippen LogP contribution in [0.15, 0.2) is 22.7 Å². The first-order valence-corrected chi connectivity index (χ1v) is 7.39. The van der Waals surface area contributed by atoms with Crippen molar-refractivity contribution in [3.05, 3.63) is 22.7 Å². The van der Waals surface area contributed by atoms with Crippen LogP contribution in [0.2, 0.25) is 0 Å². The first-order chi connectivity index (χ1) is 8.50. The summed E-state index contributed by atoms with van der Waals surface area (Å²) >= 11 is 3.53. The molecule has 0 amide bonds. The Labute approximate surface area is 118 Å². The fourth-order valence-corrected chi connectivity index (χ4v) is 3.35. The number of ether oxygens (including phenoxy) is 1. The summed E-state index contributed by atoms with van der Waals surface area (Å²) in [6, 6.07) is 6.78. The number of nitrogens with one attached hydrogen (secondary N) is 1. The SMILES string of the molecule is COc1ccc(NC2CCCC(C)(C)C2)cc1Br. The van der Waals surface area contributed by atoms with Crippen molar-refractivity contribution in [2.24, 2.45) is 5.41 Å². The molecular formula is C15H22BrNO. The van der Waals surface area contributed by atoms with Crippen LogP contribution in [0.5, 0.6) is 5.75 Å². The lowest BCUT2D eigenvalue weighted by Crippen LogP contribution is -2.31. The van der Waals surface area contributed by atoms with Gasteiger partial charge in [0.25, 0.3) is 0 Å². The van der Waals surface area contributed by atoms with Gasteiger partial charge in [-0.05, 0) is 58.8 Å². The Morgan fingerprint density at radius 2 is 2.17 bits per heavy atom. The highest BCUT2D eigenvalue weighted by molar-refractivity contribution is 9.10. The molecular weight excluding hydrogens is 290 g/mol. The number of benzene rings is 1. The van der Waals surface area contributed by atoms with E-state index >= 15 is 0 Å². The van der Waals surface area contributed by atoms with Crippen molar-refractivity contribution >= 4 is 21.6 Å². The molecule has 18 heavy (non-hydrogen) atoms. The minimum atomic E-state index is 0.472. The zero-order valence-electron chi connectivity index (χ0n) is 11.4. The van der Waals surface area contributed by atoms with Crippen LogP contribution in [0.25, 0.3) is 0 Å². The van der Waals surface area contributed by atoms with Gasteiger partial charge in [-0.15, -0.1) is 0 Å². The van der Waals surface area contributed by atoms with Crippen molar-refractivity contribution in [1.29, 1.82) is 0 Å². The Morgan fingerprint density at radius 1 is 1.39 bits per heavy atom. The van der Waals surface area contributed by atoms with Crippen molar-refractivity contribution in [1.82, 2.24) is 0 Å². The Bertz CT molecular complexity index is 417. The lowest BCUT2D eigenvalue weighted by molar-refractivity contribution is 0.229. The van der Waals surface area contributed by atoms with Crippen LogP contribution >= 0.6 is 15.9 Å². The van der Waals surface area contributed by atoms with E-state index in [0.29, 0.717) is 11.5 Å². The Morgan fingerprint density at radius 3 is 2.78 bits per heavy atom. The summed E-state index contributed by atoms with van der Waals surface area (Å²) in [6.07, 6.45) is 5.18. The van der Waals surface area contributed by atoms with Crippen LogP contribution in [0.1, 0.15) is 39.5 Å². The minimum absolute atomic E-state index is 0.472. The molecule has 2 nitrogen and oxygen atoms in total. The summed E-state index contributed by atoms with van der Waals surface area (Å²) in [5, 5.41) is 3.64. The van der Waals surface area contributed by atoms with Gasteiger partial charge in [0.05, 0.1) is 11.6 Å². The van der Waals surface area contributed by atoms with Crippen LogP contribution in [0, 0.1) is 5.41 Å². The maximum atomic E-state index is 5.25. The molecule has 0 aliphatic heterocycles. The predicted octanol–water partition coefficient (Wildman–Crippen LogP) is 4.84. The second-order valence-electron chi connectivity index (χ2n) is 5.95. The molecule has 3 heteroatoms. The number of halogens is 1. The zero-order valence-corrected chi connectivity index (χ0v) is 13.0. The molecule has 1 aromatic carbocycles. The largest absolute Gasteiger partial charge is 0.496 e. The quantitative estimate of drug-likeness (QED) is 0.862. The van der Waals surface area contributed by atoms with Gasteiger partial charge in [0.15, 0.2) is 0 Å². The van der Waals surface area contributed by atoms with Gasteiger partial charge in [-0.2, -0.15) is 0 Å². The van der Waals surface area contributed by atoms with Gasteiger partial charge in [0, 0.05) is 11.7 Å². The summed E-state index contributed by atoms with van der Waals surface area (Å²) in [4.78, 5) is 0. The van der Waals surface area contributed by atoms with E-state index in [1.165, 1.54) is 31.4 Å². The summed E-state index contributed by atoms with van der Waals surface area (Å²) in [5.74, 6) is 0.879. The van der Waals surface area contributed by atoms with Crippen molar-refractivity contribution in [2.45, 2.75) is 45.6 Å². The molecule has 1 aliphatic carbocycles. The average Bonchev–Trinajstić information content (AvgIpc) is 2.28. The van der Waals surface area contributed by atoms with Crippen LogP contribution in [-0.2, 0) is 0 Å². The van der Waals surface area contributed by atoms with E-state index in [4.69, 9.17) is 4.74 Å². The maximum absolute atomic E-state index is 5.25. The smallest absolute Gasteiger partial charge is 0.133 e. The van der Waals surface area contributed by atoms with Gasteiger partial charge in [0.2, 0.25) is 0 Å². The van der Waals surface area contributed by atoms with E-state index in [-0.39, 0.29) is 0 Å². The van der Waals surface area contributed by atoms with Gasteiger partial charge in [0.1, 0.15) is 5.75 Å². The summed E-state index contributed by atoms with van der Waals surface area (Å²) < 4.78 is 6.25. The average molecular weight is 312 g/mol. The first-order valence-electron chi connectivity index (χ1n) is 6.60. The summed E-state index contributed by atoms with van der Waals surface area (Å²) in [7, 11) is 1.69. The van der Waals surface area contributed by atoms with Crippen LogP contribution in [0.3, 0.4) is 0 Å². The summed E-state index contributed by atoms with van der Waals surface area (Å²) in [5.41, 5.74) is 1.64. The fourth-order valence-electron chi connectivity index (χ4n) is 2.81. The normalized spacial score (nSPS) is 22.6. The van der Waals surface area contributed by atoms with Crippen LogP contribution in [0.4, 0.5) is 5.69 Å². The molecule has 0 bridgehead atoms. The molecule has 1 unspecified atom stereocenters. The first kappa shape index (κ1) is 13.7. The van der Waals surface area contributed by atoms with E-state index in [1.807, 2.05) is 6.07 Å². The Hall–Kier alpha value is -0.700. The lowest BCUT2D eigenvalue weighted by atomic mass is 9.75. The Kier molecular flexibility index (Phi) is 4.21. The van der Waals surface area contributed by atoms with E-state index in [9.17, 15) is 0 Å². The van der Waals surface area contributed by atoms with Gasteiger partial charge < -0.3 is 10.1 Å². The van der Waals surface area contributed by atoms with Crippen molar-refractivity contribution < 1.29 is 4.74 Å². The maximum Gasteiger partial charge on any atom is 0.133 e. The molecule has 1 aliphatic rings. The monoisotopic (exact) mass is 311 g/mol. The molecule has 1 fully saturated rings. The second kappa shape index (κ2) is 5.52. The molecule has 0 saturated heterocycles. The van der Waals surface area contributed by atoms with Gasteiger partial charge >= 0.3 is 0 Å². The summed E-state index contributed by atoms with van der Waals surface area (Å²) in [6.45, 7) is 4.73. The number of methoxy groups -OCH3 is 1. The van der Waals surface area contributed by atoms with Gasteiger partial charge in [-0.1, -0.05) is 20.3 Å². The van der Waals surface area contributed by atoms with E-state index in [0.717, 1.165) is 10.2 Å². The second-order valence-corrected chi connectivity index (χ2v) is 6.81. The van der Waals surface area contributed by atoms with Gasteiger partial charge in [-0.3, -0.25) is 0 Å². The van der Waals surface area contributed by atoms with Crippen LogP contribution < -0.4 is 10.1 Å². The number of rotatable bonds is 3. The fraction of sp³-hybridized carbons (Fsp3) is 0.600. The van der Waals surface area contributed by atoms with E-state index < -0.39 is 0 Å². The highest BCUT2D eigenvalue weighted by Crippen LogP contribution is 2.37.